The van der Waals surface area contributed by atoms with Gasteiger partial charge in [-0.1, -0.05) is 0 Å². The molecule has 1 aliphatic rings. The highest BCUT2D eigenvalue weighted by Crippen LogP contribution is 2.28. The topological polar surface area (TPSA) is 69.0 Å². The Bertz CT molecular complexity index is 746. The van der Waals surface area contributed by atoms with E-state index in [4.69, 9.17) is 4.74 Å². The average Bonchev–Trinajstić information content (AvgIpc) is 3.15. The maximum atomic E-state index is 12.7. The molecule has 2 atom stereocenters. The summed E-state index contributed by atoms with van der Waals surface area (Å²) in [5.74, 6) is -0.553. The number of hydrogen-bond donors (Lipinski definition) is 1. The van der Waals surface area contributed by atoms with Crippen molar-refractivity contribution in [3.8, 4) is 0 Å². The Morgan fingerprint density at radius 1 is 1.36 bits per heavy atom. The van der Waals surface area contributed by atoms with Gasteiger partial charge < -0.3 is 10.1 Å². The van der Waals surface area contributed by atoms with Crippen molar-refractivity contribution in [2.75, 3.05) is 13.2 Å². The Balaban J connectivity index is 1.69. The van der Waals surface area contributed by atoms with E-state index in [1.54, 1.807) is 12.4 Å². The van der Waals surface area contributed by atoms with E-state index in [1.165, 1.54) is 7.05 Å². The number of carbonyl (C=O) groups is 1. The van der Waals surface area contributed by atoms with Crippen molar-refractivity contribution in [2.45, 2.75) is 18.6 Å². The number of halogens is 3. The number of alkyl halides is 3. The van der Waals surface area contributed by atoms with E-state index in [9.17, 15) is 18.0 Å². The predicted octanol–water partition coefficient (Wildman–Crippen LogP) is 1.82. The molecule has 3 rings (SSSR count). The van der Waals surface area contributed by atoms with Crippen LogP contribution in [0.3, 0.4) is 0 Å². The van der Waals surface area contributed by atoms with Gasteiger partial charge in [-0.15, -0.1) is 0 Å². The summed E-state index contributed by atoms with van der Waals surface area (Å²) in [6.45, 7) is 0.803. The van der Waals surface area contributed by atoms with Gasteiger partial charge in [-0.2, -0.15) is 18.3 Å². The molecule has 0 unspecified atom stereocenters. The summed E-state index contributed by atoms with van der Waals surface area (Å²) < 4.78 is 44.5. The molecule has 1 fully saturated rings. The van der Waals surface area contributed by atoms with Crippen LogP contribution in [0.5, 0.6) is 0 Å². The summed E-state index contributed by atoms with van der Waals surface area (Å²) in [5.41, 5.74) is -0.164. The van der Waals surface area contributed by atoms with Crippen LogP contribution in [0.15, 0.2) is 30.6 Å². The molecule has 1 N–H and O–H groups in total. The van der Waals surface area contributed by atoms with Crippen LogP contribution in [0.4, 0.5) is 13.2 Å². The fourth-order valence-corrected chi connectivity index (χ4v) is 2.84. The van der Waals surface area contributed by atoms with E-state index in [1.807, 2.05) is 12.1 Å². The second-order valence-corrected chi connectivity index (χ2v) is 5.97. The number of aromatic nitrogens is 3. The predicted molar refractivity (Wildman–Crippen MR) is 81.7 cm³/mol. The third-order valence-corrected chi connectivity index (χ3v) is 4.16. The lowest BCUT2D eigenvalue weighted by atomic mass is 9.95. The molecular formula is C16H17F3N4O2. The number of amides is 1. The first-order valence-electron chi connectivity index (χ1n) is 7.73. The molecule has 9 heteroatoms. The number of nitrogens with zero attached hydrogens (tertiary/aromatic N) is 3. The van der Waals surface area contributed by atoms with Gasteiger partial charge in [-0.25, -0.2) is 0 Å². The van der Waals surface area contributed by atoms with E-state index in [0.29, 0.717) is 19.6 Å². The molecule has 6 nitrogen and oxygen atoms in total. The van der Waals surface area contributed by atoms with Gasteiger partial charge in [-0.05, 0) is 24.1 Å². The smallest absolute Gasteiger partial charge is 0.379 e. The standard InChI is InChI=1S/C16H17F3N4O2/c1-23-13(7-14(22-23)16(17,18)19)15(24)21-12-9-25-8-11(12)6-10-2-4-20-5-3-10/h2-5,7,11-12H,6,8-9H2,1H3,(H,21,24)/t11-,12-/m1/s1. The van der Waals surface area contributed by atoms with Gasteiger partial charge in [0.2, 0.25) is 0 Å². The quantitative estimate of drug-likeness (QED) is 0.909. The third-order valence-electron chi connectivity index (χ3n) is 4.16. The molecule has 0 saturated carbocycles. The van der Waals surface area contributed by atoms with Crippen molar-refractivity contribution >= 4 is 5.91 Å². The summed E-state index contributed by atoms with van der Waals surface area (Å²) >= 11 is 0. The summed E-state index contributed by atoms with van der Waals surface area (Å²) in [5, 5.41) is 6.12. The van der Waals surface area contributed by atoms with Crippen LogP contribution < -0.4 is 5.32 Å². The maximum Gasteiger partial charge on any atom is 0.435 e. The molecule has 0 aromatic carbocycles. The monoisotopic (exact) mass is 354 g/mol. The first-order chi connectivity index (χ1) is 11.8. The van der Waals surface area contributed by atoms with Gasteiger partial charge in [0, 0.05) is 31.4 Å². The summed E-state index contributed by atoms with van der Waals surface area (Å²) in [7, 11) is 1.31. The molecule has 0 aliphatic carbocycles. The van der Waals surface area contributed by atoms with Crippen LogP contribution in [0.25, 0.3) is 0 Å². The van der Waals surface area contributed by atoms with Crippen molar-refractivity contribution in [3.05, 3.63) is 47.5 Å². The fourth-order valence-electron chi connectivity index (χ4n) is 2.84. The average molecular weight is 354 g/mol. The van der Waals surface area contributed by atoms with Crippen LogP contribution in [0.1, 0.15) is 21.7 Å². The summed E-state index contributed by atoms with van der Waals surface area (Å²) in [6.07, 6.45) is -0.524. The molecule has 25 heavy (non-hydrogen) atoms. The number of rotatable bonds is 4. The minimum absolute atomic E-state index is 0.0432. The van der Waals surface area contributed by atoms with Gasteiger partial charge in [0.15, 0.2) is 5.69 Å². The Kier molecular flexibility index (Phi) is 4.76. The molecule has 0 radical (unpaired) electrons. The Morgan fingerprint density at radius 2 is 2.08 bits per heavy atom. The molecule has 1 aliphatic heterocycles. The Labute approximate surface area is 142 Å². The van der Waals surface area contributed by atoms with Crippen LogP contribution in [-0.2, 0) is 24.4 Å². The van der Waals surface area contributed by atoms with Crippen LogP contribution in [-0.4, -0.2) is 39.9 Å². The van der Waals surface area contributed by atoms with Crippen LogP contribution >= 0.6 is 0 Å². The van der Waals surface area contributed by atoms with E-state index in [2.05, 4.69) is 15.4 Å². The summed E-state index contributed by atoms with van der Waals surface area (Å²) in [6, 6.07) is 4.25. The minimum atomic E-state index is -4.59. The number of hydrogen-bond acceptors (Lipinski definition) is 4. The third kappa shape index (κ3) is 3.98. The molecule has 1 saturated heterocycles. The molecule has 134 valence electrons. The fraction of sp³-hybridized carbons (Fsp3) is 0.438. The van der Waals surface area contributed by atoms with Crippen molar-refractivity contribution in [3.63, 3.8) is 0 Å². The molecule has 3 heterocycles. The van der Waals surface area contributed by atoms with Crippen molar-refractivity contribution < 1.29 is 22.7 Å². The molecule has 1 amide bonds. The normalized spacial score (nSPS) is 20.6. The van der Waals surface area contributed by atoms with E-state index >= 15 is 0 Å². The van der Waals surface area contributed by atoms with Crippen molar-refractivity contribution in [2.24, 2.45) is 13.0 Å². The SMILES string of the molecule is Cn1nc(C(F)(F)F)cc1C(=O)N[C@@H]1COC[C@H]1Cc1ccncc1. The Morgan fingerprint density at radius 3 is 2.72 bits per heavy atom. The van der Waals surface area contributed by atoms with E-state index < -0.39 is 17.8 Å². The zero-order chi connectivity index (χ0) is 18.0. The lowest BCUT2D eigenvalue weighted by Gasteiger charge is -2.19. The number of aryl methyl sites for hydroxylation is 1. The maximum absolute atomic E-state index is 12.7. The molecule has 0 bridgehead atoms. The number of nitrogens with one attached hydrogen (secondary N) is 1. The van der Waals surface area contributed by atoms with Gasteiger partial charge in [0.1, 0.15) is 5.69 Å². The first-order valence-corrected chi connectivity index (χ1v) is 7.73. The van der Waals surface area contributed by atoms with Gasteiger partial charge >= 0.3 is 6.18 Å². The lowest BCUT2D eigenvalue weighted by molar-refractivity contribution is -0.141. The minimum Gasteiger partial charge on any atom is -0.379 e. The largest absolute Gasteiger partial charge is 0.435 e. The van der Waals surface area contributed by atoms with Crippen molar-refractivity contribution in [1.29, 1.82) is 0 Å². The van der Waals surface area contributed by atoms with E-state index in [-0.39, 0.29) is 17.7 Å². The second kappa shape index (κ2) is 6.83. The van der Waals surface area contributed by atoms with Crippen molar-refractivity contribution in [1.82, 2.24) is 20.1 Å². The van der Waals surface area contributed by atoms with Gasteiger partial charge in [0.25, 0.3) is 5.91 Å². The van der Waals surface area contributed by atoms with Crippen LogP contribution in [0.2, 0.25) is 0 Å². The number of pyridine rings is 1. The molecule has 0 spiro atoms. The highest BCUT2D eigenvalue weighted by Gasteiger charge is 2.36. The molecule has 2 aromatic rings. The number of carbonyl (C=O) groups excluding carboxylic acids is 1. The van der Waals surface area contributed by atoms with Gasteiger partial charge in [0.05, 0.1) is 19.3 Å². The molecule has 2 aromatic heterocycles. The number of ether oxygens (including phenoxy) is 1. The second-order valence-electron chi connectivity index (χ2n) is 5.97. The van der Waals surface area contributed by atoms with Gasteiger partial charge in [-0.3, -0.25) is 14.5 Å². The van der Waals surface area contributed by atoms with E-state index in [0.717, 1.165) is 16.3 Å². The summed E-state index contributed by atoms with van der Waals surface area (Å²) in [4.78, 5) is 16.3. The highest BCUT2D eigenvalue weighted by atomic mass is 19.4. The molecular weight excluding hydrogens is 337 g/mol. The highest BCUT2D eigenvalue weighted by molar-refractivity contribution is 5.93. The Hall–Kier alpha value is -2.42. The zero-order valence-corrected chi connectivity index (χ0v) is 13.5. The first kappa shape index (κ1) is 17.4. The zero-order valence-electron chi connectivity index (χ0n) is 13.5. The lowest BCUT2D eigenvalue weighted by Crippen LogP contribution is -2.41. The van der Waals surface area contributed by atoms with Crippen LogP contribution in [0, 0.1) is 5.92 Å².